The van der Waals surface area contributed by atoms with E-state index in [4.69, 9.17) is 9.47 Å². The van der Waals surface area contributed by atoms with Crippen LogP contribution in [0.15, 0.2) is 36.4 Å². The van der Waals surface area contributed by atoms with Gasteiger partial charge in [0.15, 0.2) is 23.0 Å². The van der Waals surface area contributed by atoms with E-state index in [2.05, 4.69) is 46.2 Å². The maximum atomic E-state index is 6.34. The lowest BCUT2D eigenvalue weighted by atomic mass is 10.0. The first-order valence-corrected chi connectivity index (χ1v) is 10.5. The van der Waals surface area contributed by atoms with Gasteiger partial charge in [-0.1, -0.05) is 0 Å². The van der Waals surface area contributed by atoms with E-state index in [-0.39, 0.29) is 0 Å². The van der Waals surface area contributed by atoms with Gasteiger partial charge in [-0.25, -0.2) is 0 Å². The minimum Gasteiger partial charge on any atom is -0.450 e. The molecule has 2 aromatic rings. The van der Waals surface area contributed by atoms with E-state index >= 15 is 0 Å². The smallest absolute Gasteiger partial charge is 0.172 e. The van der Waals surface area contributed by atoms with Crippen LogP contribution in [0.25, 0.3) is 0 Å². The highest BCUT2D eigenvalue weighted by Gasteiger charge is 2.44. The van der Waals surface area contributed by atoms with Crippen molar-refractivity contribution >= 4 is 11.4 Å². The molecule has 4 saturated heterocycles. The molecule has 5 heterocycles. The van der Waals surface area contributed by atoms with E-state index in [1.165, 1.54) is 56.3 Å². The predicted molar refractivity (Wildman–Crippen MR) is 105 cm³/mol. The van der Waals surface area contributed by atoms with Crippen LogP contribution in [0.3, 0.4) is 0 Å². The molecule has 138 valence electrons. The van der Waals surface area contributed by atoms with Crippen LogP contribution in [-0.2, 0) is 0 Å². The zero-order valence-electron chi connectivity index (χ0n) is 15.4. The summed E-state index contributed by atoms with van der Waals surface area (Å²) in [7, 11) is 0. The summed E-state index contributed by atoms with van der Waals surface area (Å²) in [6.45, 7) is 0. The molecule has 8 rings (SSSR count). The first-order chi connectivity index (χ1) is 13.3. The second-order valence-electron chi connectivity index (χ2n) is 8.86. The minimum atomic E-state index is 0.721. The number of nitrogens with zero attached hydrogens (tertiary/aromatic N) is 2. The normalized spacial score (nSPS) is 31.9. The average molecular weight is 360 g/mol. The number of anilines is 2. The molecule has 0 spiro atoms. The molecule has 27 heavy (non-hydrogen) atoms. The lowest BCUT2D eigenvalue weighted by molar-refractivity contribution is 0.358. The van der Waals surface area contributed by atoms with Crippen molar-refractivity contribution in [2.45, 2.75) is 69.1 Å². The van der Waals surface area contributed by atoms with Gasteiger partial charge in [-0.2, -0.15) is 0 Å². The second-order valence-corrected chi connectivity index (χ2v) is 8.86. The van der Waals surface area contributed by atoms with Crippen LogP contribution in [0.4, 0.5) is 11.4 Å². The maximum absolute atomic E-state index is 6.34. The van der Waals surface area contributed by atoms with Crippen molar-refractivity contribution in [2.24, 2.45) is 0 Å². The number of rotatable bonds is 2. The topological polar surface area (TPSA) is 24.9 Å². The summed E-state index contributed by atoms with van der Waals surface area (Å²) in [5.74, 6) is 3.37. The van der Waals surface area contributed by atoms with Crippen LogP contribution < -0.4 is 19.3 Å². The quantitative estimate of drug-likeness (QED) is 0.606. The van der Waals surface area contributed by atoms with E-state index in [0.29, 0.717) is 0 Å². The Balaban J connectivity index is 1.21. The molecule has 0 N–H and O–H groups in total. The highest BCUT2D eigenvalue weighted by Crippen LogP contribution is 2.51. The zero-order valence-corrected chi connectivity index (χ0v) is 15.4. The van der Waals surface area contributed by atoms with Gasteiger partial charge < -0.3 is 19.3 Å². The largest absolute Gasteiger partial charge is 0.450 e. The van der Waals surface area contributed by atoms with Crippen LogP contribution in [0.2, 0.25) is 0 Å². The van der Waals surface area contributed by atoms with E-state index < -0.39 is 0 Å². The zero-order chi connectivity index (χ0) is 17.5. The lowest BCUT2D eigenvalue weighted by Crippen LogP contribution is -2.48. The predicted octanol–water partition coefficient (Wildman–Crippen LogP) is 5.46. The van der Waals surface area contributed by atoms with Crippen LogP contribution in [0.5, 0.6) is 23.0 Å². The Morgan fingerprint density at radius 3 is 1.52 bits per heavy atom. The van der Waals surface area contributed by atoms with Crippen molar-refractivity contribution in [1.29, 1.82) is 0 Å². The van der Waals surface area contributed by atoms with Gasteiger partial charge in [-0.15, -0.1) is 0 Å². The van der Waals surface area contributed by atoms with Crippen molar-refractivity contribution in [1.82, 2.24) is 0 Å². The SMILES string of the molecule is c1cc2c(cc1N1C3CCC1CC3)Oc1cc(N3C4CCC3C4)ccc1O2. The average Bonchev–Trinajstić information content (AvgIpc) is 3.46. The highest BCUT2D eigenvalue weighted by molar-refractivity contribution is 5.66. The molecule has 2 aromatic carbocycles. The van der Waals surface area contributed by atoms with Crippen LogP contribution in [-0.4, -0.2) is 24.2 Å². The van der Waals surface area contributed by atoms with E-state index in [0.717, 1.165) is 47.2 Å². The van der Waals surface area contributed by atoms with Crippen molar-refractivity contribution in [3.05, 3.63) is 36.4 Å². The third kappa shape index (κ3) is 1.99. The van der Waals surface area contributed by atoms with Gasteiger partial charge in [0.1, 0.15) is 0 Å². The Hall–Kier alpha value is -2.36. The molecular formula is C23H24N2O2. The van der Waals surface area contributed by atoms with Gasteiger partial charge in [0.25, 0.3) is 0 Å². The number of hydrogen-bond donors (Lipinski definition) is 0. The van der Waals surface area contributed by atoms with Crippen molar-refractivity contribution in [2.75, 3.05) is 9.80 Å². The van der Waals surface area contributed by atoms with E-state index in [9.17, 15) is 0 Å². The Bertz CT molecular complexity index is 908. The summed E-state index contributed by atoms with van der Waals surface area (Å²) >= 11 is 0. The first-order valence-electron chi connectivity index (χ1n) is 10.5. The highest BCUT2D eigenvalue weighted by atomic mass is 16.6. The fraction of sp³-hybridized carbons (Fsp3) is 0.478. The van der Waals surface area contributed by atoms with Crippen LogP contribution in [0, 0.1) is 0 Å². The number of ether oxygens (including phenoxy) is 2. The fourth-order valence-electron chi connectivity index (χ4n) is 6.24. The molecule has 5 fully saturated rings. The summed E-state index contributed by atoms with van der Waals surface area (Å²) in [6, 6.07) is 15.8. The maximum Gasteiger partial charge on any atom is 0.172 e. The molecule has 2 unspecified atom stereocenters. The van der Waals surface area contributed by atoms with E-state index in [1.54, 1.807) is 0 Å². The molecule has 0 amide bonds. The third-order valence-electron chi connectivity index (χ3n) is 7.51. The van der Waals surface area contributed by atoms with Gasteiger partial charge in [0.2, 0.25) is 0 Å². The van der Waals surface area contributed by atoms with Crippen molar-refractivity contribution in [3.8, 4) is 23.0 Å². The number of benzene rings is 2. The molecule has 0 aromatic heterocycles. The molecule has 4 nitrogen and oxygen atoms in total. The van der Waals surface area contributed by atoms with Gasteiger partial charge in [-0.3, -0.25) is 0 Å². The lowest BCUT2D eigenvalue weighted by Gasteiger charge is -2.43. The third-order valence-corrected chi connectivity index (χ3v) is 7.51. The Morgan fingerprint density at radius 2 is 1.00 bits per heavy atom. The van der Waals surface area contributed by atoms with Gasteiger partial charge in [0.05, 0.1) is 0 Å². The standard InChI is InChI=1S/C23H24N2O2/c1-2-15-4-3-14(1)24(15)18-7-9-20-22(12-18)27-23-13-19(8-10-21(23)26-20)25-16-5-6-17(25)11-16/h7-10,12-17H,1-6,11H2. The van der Waals surface area contributed by atoms with Gasteiger partial charge in [0, 0.05) is 47.7 Å². The van der Waals surface area contributed by atoms with Gasteiger partial charge >= 0.3 is 0 Å². The second kappa shape index (κ2) is 5.12. The van der Waals surface area contributed by atoms with E-state index in [1.807, 2.05) is 0 Å². The van der Waals surface area contributed by atoms with Crippen molar-refractivity contribution in [3.63, 3.8) is 0 Å². The molecule has 1 saturated carbocycles. The Morgan fingerprint density at radius 1 is 0.556 bits per heavy atom. The summed E-state index contributed by atoms with van der Waals surface area (Å²) in [4.78, 5) is 5.19. The first kappa shape index (κ1) is 14.7. The molecule has 5 aliphatic heterocycles. The summed E-state index contributed by atoms with van der Waals surface area (Å²) < 4.78 is 12.5. The number of fused-ring (bicyclic) bond motifs is 5. The summed E-state index contributed by atoms with van der Waals surface area (Å²) in [5.41, 5.74) is 2.58. The molecule has 2 atom stereocenters. The Labute approximate surface area is 159 Å². The minimum absolute atomic E-state index is 0.721. The molecule has 4 heteroatoms. The Kier molecular flexibility index (Phi) is 2.78. The molecule has 0 radical (unpaired) electrons. The van der Waals surface area contributed by atoms with Crippen molar-refractivity contribution < 1.29 is 9.47 Å². The molecule has 4 bridgehead atoms. The summed E-state index contributed by atoms with van der Waals surface area (Å²) in [5, 5.41) is 0. The van der Waals surface area contributed by atoms with Gasteiger partial charge in [-0.05, 0) is 69.2 Å². The monoisotopic (exact) mass is 360 g/mol. The molecule has 6 aliphatic rings. The van der Waals surface area contributed by atoms with Crippen LogP contribution >= 0.6 is 0 Å². The summed E-state index contributed by atoms with van der Waals surface area (Å²) in [6.07, 6.45) is 9.38. The van der Waals surface area contributed by atoms with Crippen LogP contribution in [0.1, 0.15) is 44.9 Å². The molecule has 1 aliphatic carbocycles. The number of hydrogen-bond acceptors (Lipinski definition) is 4. The molecular weight excluding hydrogens is 336 g/mol. The fourth-order valence-corrected chi connectivity index (χ4v) is 6.24.